The Kier molecular flexibility index (Phi) is 3.87. The van der Waals surface area contributed by atoms with Gasteiger partial charge in [0.05, 0.1) is 24.4 Å². The third-order valence-electron chi connectivity index (χ3n) is 2.44. The lowest BCUT2D eigenvalue weighted by molar-refractivity contribution is -0.384. The fraction of sp³-hybridized carbons (Fsp3) is 0.167. The summed E-state index contributed by atoms with van der Waals surface area (Å²) in [4.78, 5) is 18.3. The molecule has 0 amide bonds. The Balaban J connectivity index is 2.01. The van der Waals surface area contributed by atoms with Gasteiger partial charge in [-0.15, -0.1) is 0 Å². The summed E-state index contributed by atoms with van der Waals surface area (Å²) >= 11 is 0. The van der Waals surface area contributed by atoms with Gasteiger partial charge in [0, 0.05) is 18.7 Å². The first-order chi connectivity index (χ1) is 9.19. The maximum Gasteiger partial charge on any atom is 0.269 e. The molecule has 0 saturated carbocycles. The Morgan fingerprint density at radius 1 is 1.37 bits per heavy atom. The van der Waals surface area contributed by atoms with Crippen LogP contribution in [0.4, 0.5) is 11.6 Å². The van der Waals surface area contributed by atoms with Crippen molar-refractivity contribution in [3.8, 4) is 5.75 Å². The van der Waals surface area contributed by atoms with Gasteiger partial charge >= 0.3 is 0 Å². The van der Waals surface area contributed by atoms with Crippen molar-refractivity contribution in [2.45, 2.75) is 6.54 Å². The molecule has 7 nitrogen and oxygen atoms in total. The minimum atomic E-state index is -0.423. The maximum absolute atomic E-state index is 10.6. The number of aromatic nitrogens is 2. The standard InChI is InChI=1S/C12H12N4O3/c1-19-11-7-14-12(15-8-11)13-6-9-3-2-4-10(5-9)16(17)18/h2-5,7-8H,6H2,1H3,(H,13,14,15). The molecule has 0 saturated heterocycles. The van der Waals surface area contributed by atoms with Crippen LogP contribution >= 0.6 is 0 Å². The highest BCUT2D eigenvalue weighted by atomic mass is 16.6. The summed E-state index contributed by atoms with van der Waals surface area (Å²) in [7, 11) is 1.54. The number of rotatable bonds is 5. The van der Waals surface area contributed by atoms with E-state index in [1.165, 1.54) is 19.2 Å². The second-order valence-electron chi connectivity index (χ2n) is 3.73. The third-order valence-corrected chi connectivity index (χ3v) is 2.44. The molecule has 0 atom stereocenters. The Labute approximate surface area is 109 Å². The van der Waals surface area contributed by atoms with Crippen molar-refractivity contribution in [3.63, 3.8) is 0 Å². The van der Waals surface area contributed by atoms with Crippen LogP contribution in [0.25, 0.3) is 0 Å². The van der Waals surface area contributed by atoms with Gasteiger partial charge in [0.15, 0.2) is 5.75 Å². The smallest absolute Gasteiger partial charge is 0.269 e. The normalized spacial score (nSPS) is 9.95. The Morgan fingerprint density at radius 3 is 2.74 bits per heavy atom. The van der Waals surface area contributed by atoms with Crippen molar-refractivity contribution in [2.24, 2.45) is 0 Å². The molecule has 1 heterocycles. The van der Waals surface area contributed by atoms with E-state index in [-0.39, 0.29) is 5.69 Å². The van der Waals surface area contributed by atoms with Crippen LogP contribution in [0.3, 0.4) is 0 Å². The van der Waals surface area contributed by atoms with E-state index >= 15 is 0 Å². The average molecular weight is 260 g/mol. The zero-order valence-corrected chi connectivity index (χ0v) is 10.2. The zero-order chi connectivity index (χ0) is 13.7. The summed E-state index contributed by atoms with van der Waals surface area (Å²) in [6.45, 7) is 0.411. The highest BCUT2D eigenvalue weighted by molar-refractivity contribution is 5.36. The first-order valence-electron chi connectivity index (χ1n) is 5.52. The Morgan fingerprint density at radius 2 is 2.11 bits per heavy atom. The number of nitrogens with zero attached hydrogens (tertiary/aromatic N) is 3. The van der Waals surface area contributed by atoms with Gasteiger partial charge in [0.2, 0.25) is 5.95 Å². The molecule has 0 unspecified atom stereocenters. The number of non-ortho nitro benzene ring substituents is 1. The molecule has 19 heavy (non-hydrogen) atoms. The van der Waals surface area contributed by atoms with Crippen LogP contribution < -0.4 is 10.1 Å². The minimum Gasteiger partial charge on any atom is -0.494 e. The molecule has 0 radical (unpaired) electrons. The second kappa shape index (κ2) is 5.76. The number of hydrogen-bond acceptors (Lipinski definition) is 6. The lowest BCUT2D eigenvalue weighted by Gasteiger charge is -2.05. The number of anilines is 1. The van der Waals surface area contributed by atoms with E-state index in [1.807, 2.05) is 0 Å². The molecule has 0 aliphatic carbocycles. The lowest BCUT2D eigenvalue weighted by Crippen LogP contribution is -2.03. The van der Waals surface area contributed by atoms with Crippen LogP contribution in [0.5, 0.6) is 5.75 Å². The number of hydrogen-bond donors (Lipinski definition) is 1. The minimum absolute atomic E-state index is 0.0648. The molecule has 98 valence electrons. The molecule has 2 rings (SSSR count). The summed E-state index contributed by atoms with van der Waals surface area (Å²) in [5, 5.41) is 13.6. The summed E-state index contributed by atoms with van der Waals surface area (Å²) in [5.74, 6) is 1.01. The van der Waals surface area contributed by atoms with Gasteiger partial charge in [0.25, 0.3) is 5.69 Å². The predicted molar refractivity (Wildman–Crippen MR) is 69.0 cm³/mol. The van der Waals surface area contributed by atoms with Crippen molar-refractivity contribution in [1.29, 1.82) is 0 Å². The molecule has 1 N–H and O–H groups in total. The highest BCUT2D eigenvalue weighted by Crippen LogP contribution is 2.14. The molecule has 0 fully saturated rings. The van der Waals surface area contributed by atoms with Gasteiger partial charge in [-0.05, 0) is 5.56 Å². The summed E-state index contributed by atoms with van der Waals surface area (Å²) in [6, 6.07) is 6.40. The van der Waals surface area contributed by atoms with E-state index in [1.54, 1.807) is 24.5 Å². The maximum atomic E-state index is 10.6. The number of nitrogens with one attached hydrogen (secondary N) is 1. The predicted octanol–water partition coefficient (Wildman–Crippen LogP) is 2.01. The fourth-order valence-corrected chi connectivity index (χ4v) is 1.47. The van der Waals surface area contributed by atoms with E-state index in [4.69, 9.17) is 4.74 Å². The fourth-order valence-electron chi connectivity index (χ4n) is 1.47. The van der Waals surface area contributed by atoms with Gasteiger partial charge in [-0.3, -0.25) is 10.1 Å². The van der Waals surface area contributed by atoms with Gasteiger partial charge in [-0.25, -0.2) is 9.97 Å². The van der Waals surface area contributed by atoms with Gasteiger partial charge in [-0.1, -0.05) is 12.1 Å². The van der Waals surface area contributed by atoms with Crippen LogP contribution in [0, 0.1) is 10.1 Å². The molecule has 0 spiro atoms. The number of ether oxygens (including phenoxy) is 1. The van der Waals surface area contributed by atoms with Crippen molar-refractivity contribution < 1.29 is 9.66 Å². The monoisotopic (exact) mass is 260 g/mol. The van der Waals surface area contributed by atoms with E-state index in [2.05, 4.69) is 15.3 Å². The second-order valence-corrected chi connectivity index (χ2v) is 3.73. The van der Waals surface area contributed by atoms with E-state index < -0.39 is 4.92 Å². The van der Waals surface area contributed by atoms with E-state index in [0.717, 1.165) is 5.56 Å². The first-order valence-corrected chi connectivity index (χ1v) is 5.52. The van der Waals surface area contributed by atoms with Crippen LogP contribution in [-0.2, 0) is 6.54 Å². The lowest BCUT2D eigenvalue weighted by atomic mass is 10.2. The van der Waals surface area contributed by atoms with Crippen LogP contribution in [0.1, 0.15) is 5.56 Å². The SMILES string of the molecule is COc1cnc(NCc2cccc([N+](=O)[O-])c2)nc1. The molecule has 0 bridgehead atoms. The number of nitro benzene ring substituents is 1. The van der Waals surface area contributed by atoms with Crippen molar-refractivity contribution in [3.05, 3.63) is 52.3 Å². The zero-order valence-electron chi connectivity index (χ0n) is 10.2. The van der Waals surface area contributed by atoms with E-state index in [0.29, 0.717) is 18.2 Å². The number of benzene rings is 1. The van der Waals surface area contributed by atoms with Crippen LogP contribution in [0.2, 0.25) is 0 Å². The first kappa shape index (κ1) is 12.7. The summed E-state index contributed by atoms with van der Waals surface area (Å²) in [6.07, 6.45) is 3.09. The molecular formula is C12H12N4O3. The quantitative estimate of drug-likeness (QED) is 0.653. The third kappa shape index (κ3) is 3.38. The van der Waals surface area contributed by atoms with E-state index in [9.17, 15) is 10.1 Å². The topological polar surface area (TPSA) is 90.2 Å². The highest BCUT2D eigenvalue weighted by Gasteiger charge is 2.05. The van der Waals surface area contributed by atoms with Gasteiger partial charge < -0.3 is 10.1 Å². The van der Waals surface area contributed by atoms with Gasteiger partial charge in [-0.2, -0.15) is 0 Å². The molecule has 0 aliphatic rings. The van der Waals surface area contributed by atoms with Crippen molar-refractivity contribution >= 4 is 11.6 Å². The molecule has 1 aromatic carbocycles. The summed E-state index contributed by atoms with van der Waals surface area (Å²) in [5.41, 5.74) is 0.851. The largest absolute Gasteiger partial charge is 0.494 e. The Bertz CT molecular complexity index is 571. The van der Waals surface area contributed by atoms with Crippen molar-refractivity contribution in [1.82, 2.24) is 9.97 Å². The van der Waals surface area contributed by atoms with Crippen LogP contribution in [0.15, 0.2) is 36.7 Å². The molecular weight excluding hydrogens is 248 g/mol. The van der Waals surface area contributed by atoms with Crippen molar-refractivity contribution in [2.75, 3.05) is 12.4 Å². The van der Waals surface area contributed by atoms with Crippen LogP contribution in [-0.4, -0.2) is 22.0 Å². The average Bonchev–Trinajstić information content (AvgIpc) is 2.46. The molecule has 0 aliphatic heterocycles. The molecule has 2 aromatic rings. The van der Waals surface area contributed by atoms with Gasteiger partial charge in [0.1, 0.15) is 0 Å². The molecule has 7 heteroatoms. The summed E-state index contributed by atoms with van der Waals surface area (Å²) < 4.78 is 4.95. The number of methoxy groups -OCH3 is 1. The number of nitro groups is 1. The molecule has 1 aromatic heterocycles. The Hall–Kier alpha value is -2.70.